The summed E-state index contributed by atoms with van der Waals surface area (Å²) in [7, 11) is 0. The van der Waals surface area contributed by atoms with Crippen molar-refractivity contribution in [2.45, 2.75) is 38.6 Å². The van der Waals surface area contributed by atoms with Gasteiger partial charge in [0.1, 0.15) is 11.6 Å². The van der Waals surface area contributed by atoms with Crippen LogP contribution in [0, 0.1) is 27.4 Å². The largest absolute Gasteiger partial charge is 0.348 e. The summed E-state index contributed by atoms with van der Waals surface area (Å²) >= 11 is 0. The molecule has 1 fully saturated rings. The molecule has 0 aliphatic heterocycles. The van der Waals surface area contributed by atoms with E-state index in [0.29, 0.717) is 11.5 Å². The fourth-order valence-corrected chi connectivity index (χ4v) is 2.82. The maximum absolute atomic E-state index is 12.3. The molecule has 1 aromatic rings. The highest BCUT2D eigenvalue weighted by atomic mass is 16.6. The molecular formula is C17H19N3O3. The van der Waals surface area contributed by atoms with Crippen molar-refractivity contribution in [2.75, 3.05) is 0 Å². The minimum absolute atomic E-state index is 0.0386. The van der Waals surface area contributed by atoms with E-state index in [2.05, 4.69) is 12.2 Å². The average Bonchev–Trinajstić information content (AvgIpc) is 2.55. The number of benzene rings is 1. The highest BCUT2D eigenvalue weighted by molar-refractivity contribution is 6.01. The van der Waals surface area contributed by atoms with Gasteiger partial charge >= 0.3 is 0 Å². The lowest BCUT2D eigenvalue weighted by atomic mass is 9.86. The maximum atomic E-state index is 12.3. The molecule has 1 aliphatic rings. The van der Waals surface area contributed by atoms with Gasteiger partial charge < -0.3 is 5.32 Å². The number of amides is 1. The first-order chi connectivity index (χ1) is 11.0. The van der Waals surface area contributed by atoms with Gasteiger partial charge in [-0.05, 0) is 30.4 Å². The van der Waals surface area contributed by atoms with E-state index in [-0.39, 0.29) is 17.3 Å². The van der Waals surface area contributed by atoms with Gasteiger partial charge in [-0.3, -0.25) is 14.9 Å². The van der Waals surface area contributed by atoms with E-state index in [9.17, 15) is 20.2 Å². The van der Waals surface area contributed by atoms with Gasteiger partial charge in [-0.25, -0.2) is 0 Å². The molecule has 0 aromatic heterocycles. The number of nitro groups is 1. The summed E-state index contributed by atoms with van der Waals surface area (Å²) in [5, 5.41) is 22.9. The number of carbonyl (C=O) groups is 1. The van der Waals surface area contributed by atoms with Crippen molar-refractivity contribution >= 4 is 17.7 Å². The van der Waals surface area contributed by atoms with Gasteiger partial charge in [-0.15, -0.1) is 0 Å². The third-order valence-corrected chi connectivity index (χ3v) is 4.19. The third-order valence-electron chi connectivity index (χ3n) is 4.19. The molecule has 1 N–H and O–H groups in total. The molecule has 0 unspecified atom stereocenters. The van der Waals surface area contributed by atoms with E-state index < -0.39 is 10.8 Å². The molecule has 6 nitrogen and oxygen atoms in total. The highest BCUT2D eigenvalue weighted by Gasteiger charge is 2.24. The van der Waals surface area contributed by atoms with Gasteiger partial charge in [0, 0.05) is 18.2 Å². The maximum Gasteiger partial charge on any atom is 0.270 e. The van der Waals surface area contributed by atoms with Crippen LogP contribution in [-0.4, -0.2) is 16.9 Å². The number of hydrogen-bond donors (Lipinski definition) is 1. The van der Waals surface area contributed by atoms with E-state index in [0.717, 1.165) is 19.3 Å². The van der Waals surface area contributed by atoms with Crippen molar-refractivity contribution in [3.8, 4) is 6.07 Å². The molecule has 23 heavy (non-hydrogen) atoms. The Morgan fingerprint density at radius 3 is 2.83 bits per heavy atom. The topological polar surface area (TPSA) is 96.0 Å². The van der Waals surface area contributed by atoms with Crippen LogP contribution in [0.5, 0.6) is 0 Å². The molecule has 0 radical (unpaired) electrons. The molecule has 0 spiro atoms. The van der Waals surface area contributed by atoms with Gasteiger partial charge in [-0.1, -0.05) is 31.9 Å². The van der Waals surface area contributed by atoms with Gasteiger partial charge in [0.25, 0.3) is 11.6 Å². The number of nitrogens with one attached hydrogen (secondary N) is 1. The summed E-state index contributed by atoms with van der Waals surface area (Å²) < 4.78 is 0. The minimum Gasteiger partial charge on any atom is -0.348 e. The zero-order valence-corrected chi connectivity index (χ0v) is 13.0. The molecule has 1 aliphatic carbocycles. The van der Waals surface area contributed by atoms with Crippen LogP contribution in [0.3, 0.4) is 0 Å². The van der Waals surface area contributed by atoms with Crippen LogP contribution >= 0.6 is 0 Å². The molecule has 2 atom stereocenters. The van der Waals surface area contributed by atoms with Crippen molar-refractivity contribution in [1.82, 2.24) is 5.32 Å². The number of rotatable bonds is 4. The second-order valence-electron chi connectivity index (χ2n) is 5.86. The molecular weight excluding hydrogens is 294 g/mol. The zero-order valence-electron chi connectivity index (χ0n) is 13.0. The SMILES string of the molecule is C[C@@H]1CCCC[C@@H]1NC(=O)/C(C#N)=C/c1cccc([N+](=O)[O-])c1. The first-order valence-corrected chi connectivity index (χ1v) is 7.68. The minimum atomic E-state index is -0.507. The monoisotopic (exact) mass is 313 g/mol. The molecule has 0 bridgehead atoms. The Morgan fingerprint density at radius 1 is 1.43 bits per heavy atom. The summed E-state index contributed by atoms with van der Waals surface area (Å²) in [5.41, 5.74) is 0.350. The Hall–Kier alpha value is -2.68. The van der Waals surface area contributed by atoms with Crippen molar-refractivity contribution in [3.05, 3.63) is 45.5 Å². The summed E-state index contributed by atoms with van der Waals surface area (Å²) in [4.78, 5) is 22.6. The first kappa shape index (κ1) is 16.7. The molecule has 0 heterocycles. The summed E-state index contributed by atoms with van der Waals surface area (Å²) in [6, 6.07) is 7.83. The predicted octanol–water partition coefficient (Wildman–Crippen LogP) is 3.20. The molecule has 6 heteroatoms. The van der Waals surface area contributed by atoms with Crippen LogP contribution in [0.1, 0.15) is 38.2 Å². The Labute approximate surface area is 135 Å². The number of carbonyl (C=O) groups excluding carboxylic acids is 1. The number of nitriles is 1. The summed E-state index contributed by atoms with van der Waals surface area (Å²) in [5.74, 6) is -0.0248. The lowest BCUT2D eigenvalue weighted by molar-refractivity contribution is -0.384. The van der Waals surface area contributed by atoms with E-state index in [1.165, 1.54) is 30.7 Å². The van der Waals surface area contributed by atoms with E-state index >= 15 is 0 Å². The quantitative estimate of drug-likeness (QED) is 0.399. The van der Waals surface area contributed by atoms with E-state index in [1.54, 1.807) is 6.07 Å². The van der Waals surface area contributed by atoms with Gasteiger partial charge in [-0.2, -0.15) is 5.26 Å². The Bertz CT molecular complexity index is 676. The highest BCUT2D eigenvalue weighted by Crippen LogP contribution is 2.24. The second-order valence-corrected chi connectivity index (χ2v) is 5.86. The molecule has 1 saturated carbocycles. The molecule has 0 saturated heterocycles. The fourth-order valence-electron chi connectivity index (χ4n) is 2.82. The van der Waals surface area contributed by atoms with Crippen molar-refractivity contribution in [2.24, 2.45) is 5.92 Å². The summed E-state index contributed by atoms with van der Waals surface area (Å²) in [6.45, 7) is 2.10. The lowest BCUT2D eigenvalue weighted by Crippen LogP contribution is -2.41. The number of non-ortho nitro benzene ring substituents is 1. The van der Waals surface area contributed by atoms with Crippen LogP contribution in [0.4, 0.5) is 5.69 Å². The van der Waals surface area contributed by atoms with Crippen molar-refractivity contribution < 1.29 is 9.72 Å². The molecule has 2 rings (SSSR count). The average molecular weight is 313 g/mol. The van der Waals surface area contributed by atoms with Gasteiger partial charge in [0.05, 0.1) is 4.92 Å². The zero-order chi connectivity index (χ0) is 16.8. The smallest absolute Gasteiger partial charge is 0.270 e. The van der Waals surface area contributed by atoms with Gasteiger partial charge in [0.15, 0.2) is 0 Å². The predicted molar refractivity (Wildman–Crippen MR) is 86.2 cm³/mol. The second kappa shape index (κ2) is 7.54. The van der Waals surface area contributed by atoms with Crippen molar-refractivity contribution in [1.29, 1.82) is 5.26 Å². The van der Waals surface area contributed by atoms with E-state index in [4.69, 9.17) is 0 Å². The van der Waals surface area contributed by atoms with Crippen molar-refractivity contribution in [3.63, 3.8) is 0 Å². The summed E-state index contributed by atoms with van der Waals surface area (Å²) in [6.07, 6.45) is 5.62. The Kier molecular flexibility index (Phi) is 5.47. The standard InChI is InChI=1S/C17H19N3O3/c1-12-5-2-3-8-16(12)19-17(21)14(11-18)9-13-6-4-7-15(10-13)20(22)23/h4,6-7,9-10,12,16H,2-3,5,8H2,1H3,(H,19,21)/b14-9+/t12-,16+/m1/s1. The first-order valence-electron chi connectivity index (χ1n) is 7.68. The number of nitrogens with zero attached hydrogens (tertiary/aromatic N) is 2. The Morgan fingerprint density at radius 2 is 2.17 bits per heavy atom. The third kappa shape index (κ3) is 4.39. The molecule has 120 valence electrons. The van der Waals surface area contributed by atoms with E-state index in [1.807, 2.05) is 6.07 Å². The molecule has 1 amide bonds. The van der Waals surface area contributed by atoms with Crippen LogP contribution in [-0.2, 0) is 4.79 Å². The van der Waals surface area contributed by atoms with Gasteiger partial charge in [0.2, 0.25) is 0 Å². The normalized spacial score (nSPS) is 21.3. The lowest BCUT2D eigenvalue weighted by Gasteiger charge is -2.29. The number of hydrogen-bond acceptors (Lipinski definition) is 4. The fraction of sp³-hybridized carbons (Fsp3) is 0.412. The van der Waals surface area contributed by atoms with Crippen LogP contribution < -0.4 is 5.32 Å². The van der Waals surface area contributed by atoms with Crippen LogP contribution in [0.15, 0.2) is 29.8 Å². The Balaban J connectivity index is 2.15. The molecule has 1 aromatic carbocycles. The van der Waals surface area contributed by atoms with Crippen LogP contribution in [0.25, 0.3) is 6.08 Å². The number of nitro benzene ring substituents is 1. The van der Waals surface area contributed by atoms with Crippen LogP contribution in [0.2, 0.25) is 0 Å².